The van der Waals surface area contributed by atoms with Crippen LogP contribution in [0.5, 0.6) is 5.75 Å². The van der Waals surface area contributed by atoms with Crippen LogP contribution in [-0.2, 0) is 4.74 Å². The summed E-state index contributed by atoms with van der Waals surface area (Å²) in [6.45, 7) is 4.60. The smallest absolute Gasteiger partial charge is 0.153 e. The van der Waals surface area contributed by atoms with E-state index in [0.717, 1.165) is 66.1 Å². The van der Waals surface area contributed by atoms with Crippen LogP contribution in [0.15, 0.2) is 24.5 Å². The highest BCUT2D eigenvalue weighted by Gasteiger charge is 2.11. The number of H-pyrrole nitrogens is 1. The lowest BCUT2D eigenvalue weighted by molar-refractivity contribution is 0.131. The first kappa shape index (κ1) is 16.5. The molecule has 0 saturated carbocycles. The topological polar surface area (TPSA) is 72.1 Å². The normalized spacial score (nSPS) is 11.2. The van der Waals surface area contributed by atoms with Crippen molar-refractivity contribution in [3.05, 3.63) is 24.5 Å². The summed E-state index contributed by atoms with van der Waals surface area (Å²) >= 11 is 0. The summed E-state index contributed by atoms with van der Waals surface area (Å²) < 4.78 is 10.9. The first-order valence-corrected chi connectivity index (χ1v) is 8.45. The number of hydrogen-bond acceptors (Lipinski definition) is 5. The molecule has 0 aliphatic rings. The second kappa shape index (κ2) is 7.97. The van der Waals surface area contributed by atoms with Crippen molar-refractivity contribution in [1.29, 1.82) is 0 Å². The summed E-state index contributed by atoms with van der Waals surface area (Å²) in [7, 11) is 1.67. The maximum absolute atomic E-state index is 5.58. The first-order valence-electron chi connectivity index (χ1n) is 8.45. The molecular formula is C18H24N4O2. The van der Waals surface area contributed by atoms with Crippen LogP contribution in [0.3, 0.4) is 0 Å². The number of fused-ring (bicyclic) bond motifs is 3. The number of hydrogen-bond donors (Lipinski definition) is 2. The second-order valence-electron chi connectivity index (χ2n) is 5.73. The van der Waals surface area contributed by atoms with Crippen LogP contribution in [0.25, 0.3) is 21.9 Å². The lowest BCUT2D eigenvalue weighted by Gasteiger charge is -2.06. The highest BCUT2D eigenvalue weighted by Crippen LogP contribution is 2.29. The molecule has 0 saturated heterocycles. The van der Waals surface area contributed by atoms with Gasteiger partial charge in [0.05, 0.1) is 7.11 Å². The summed E-state index contributed by atoms with van der Waals surface area (Å²) in [5, 5.41) is 4.41. The Morgan fingerprint density at radius 2 is 2.04 bits per heavy atom. The summed E-state index contributed by atoms with van der Waals surface area (Å²) in [5.41, 5.74) is 2.85. The van der Waals surface area contributed by atoms with E-state index in [2.05, 4.69) is 27.2 Å². The molecule has 24 heavy (non-hydrogen) atoms. The van der Waals surface area contributed by atoms with Crippen molar-refractivity contribution in [3.8, 4) is 5.75 Å². The fourth-order valence-electron chi connectivity index (χ4n) is 2.66. The van der Waals surface area contributed by atoms with Crippen molar-refractivity contribution in [3.63, 3.8) is 0 Å². The maximum atomic E-state index is 5.58. The Morgan fingerprint density at radius 3 is 2.88 bits per heavy atom. The average Bonchev–Trinajstić information content (AvgIpc) is 2.99. The van der Waals surface area contributed by atoms with Gasteiger partial charge in [-0.3, -0.25) is 0 Å². The van der Waals surface area contributed by atoms with Gasteiger partial charge in [-0.15, -0.1) is 0 Å². The molecule has 6 heteroatoms. The summed E-state index contributed by atoms with van der Waals surface area (Å²) in [4.78, 5) is 12.2. The second-order valence-corrected chi connectivity index (χ2v) is 5.73. The molecule has 2 aromatic heterocycles. The third kappa shape index (κ3) is 3.59. The number of aromatic amines is 1. The van der Waals surface area contributed by atoms with Gasteiger partial charge in [0, 0.05) is 30.7 Å². The molecule has 2 N–H and O–H groups in total. The molecule has 0 atom stereocenters. The Morgan fingerprint density at radius 1 is 1.17 bits per heavy atom. The lowest BCUT2D eigenvalue weighted by atomic mass is 10.2. The molecule has 0 aliphatic heterocycles. The zero-order chi connectivity index (χ0) is 16.8. The van der Waals surface area contributed by atoms with E-state index in [0.29, 0.717) is 0 Å². The predicted molar refractivity (Wildman–Crippen MR) is 96.8 cm³/mol. The predicted octanol–water partition coefficient (Wildman–Crippen LogP) is 3.74. The van der Waals surface area contributed by atoms with E-state index in [1.807, 2.05) is 18.2 Å². The van der Waals surface area contributed by atoms with Gasteiger partial charge in [0.15, 0.2) is 5.82 Å². The molecule has 0 aliphatic carbocycles. The summed E-state index contributed by atoms with van der Waals surface area (Å²) in [6.07, 6.45) is 4.83. The number of ether oxygens (including phenoxy) is 2. The number of nitrogens with one attached hydrogen (secondary N) is 2. The minimum atomic E-state index is 0.769. The lowest BCUT2D eigenvalue weighted by Crippen LogP contribution is -2.08. The summed E-state index contributed by atoms with van der Waals surface area (Å²) in [6, 6.07) is 5.93. The van der Waals surface area contributed by atoms with Crippen molar-refractivity contribution >= 4 is 27.8 Å². The fourth-order valence-corrected chi connectivity index (χ4v) is 2.66. The van der Waals surface area contributed by atoms with E-state index in [1.165, 1.54) is 6.42 Å². The molecule has 2 heterocycles. The Kier molecular flexibility index (Phi) is 5.48. The molecule has 1 aromatic carbocycles. The minimum absolute atomic E-state index is 0.769. The van der Waals surface area contributed by atoms with Crippen LogP contribution >= 0.6 is 0 Å². The third-order valence-electron chi connectivity index (χ3n) is 3.99. The molecule has 0 fully saturated rings. The van der Waals surface area contributed by atoms with Gasteiger partial charge in [-0.25, -0.2) is 9.97 Å². The standard InChI is InChI=1S/C18H24N4O2/c1-3-4-9-24-10-5-8-19-18-17-16(20-12-21-18)14-11-13(23-2)6-7-15(14)22-17/h6-7,11-12,22H,3-5,8-10H2,1-2H3,(H,19,20,21). The van der Waals surface area contributed by atoms with Crippen LogP contribution in [0.4, 0.5) is 5.82 Å². The van der Waals surface area contributed by atoms with E-state index < -0.39 is 0 Å². The quantitative estimate of drug-likeness (QED) is 0.586. The van der Waals surface area contributed by atoms with Crippen LogP contribution in [-0.4, -0.2) is 41.8 Å². The van der Waals surface area contributed by atoms with Crippen LogP contribution in [0, 0.1) is 0 Å². The fraction of sp³-hybridized carbons (Fsp3) is 0.444. The van der Waals surface area contributed by atoms with E-state index >= 15 is 0 Å². The average molecular weight is 328 g/mol. The number of aromatic nitrogens is 3. The van der Waals surface area contributed by atoms with Gasteiger partial charge in [-0.1, -0.05) is 13.3 Å². The van der Waals surface area contributed by atoms with Gasteiger partial charge in [0.2, 0.25) is 0 Å². The van der Waals surface area contributed by atoms with Gasteiger partial charge >= 0.3 is 0 Å². The minimum Gasteiger partial charge on any atom is -0.497 e. The van der Waals surface area contributed by atoms with Gasteiger partial charge in [-0.05, 0) is 31.0 Å². The largest absolute Gasteiger partial charge is 0.497 e. The Labute approximate surface area is 141 Å². The zero-order valence-electron chi connectivity index (χ0n) is 14.3. The van der Waals surface area contributed by atoms with Crippen molar-refractivity contribution in [2.45, 2.75) is 26.2 Å². The number of anilines is 1. The summed E-state index contributed by atoms with van der Waals surface area (Å²) in [5.74, 6) is 1.64. The SMILES string of the molecule is CCCCOCCCNc1ncnc2c1[nH]c1ccc(OC)cc12. The molecule has 128 valence electrons. The van der Waals surface area contributed by atoms with Gasteiger partial charge < -0.3 is 19.8 Å². The molecule has 0 radical (unpaired) electrons. The Balaban J connectivity index is 1.70. The van der Waals surface area contributed by atoms with Crippen molar-refractivity contribution in [1.82, 2.24) is 15.0 Å². The molecule has 3 aromatic rings. The first-order chi connectivity index (χ1) is 11.8. The highest BCUT2D eigenvalue weighted by molar-refractivity contribution is 6.08. The van der Waals surface area contributed by atoms with Gasteiger partial charge in [-0.2, -0.15) is 0 Å². The van der Waals surface area contributed by atoms with Gasteiger partial charge in [0.1, 0.15) is 23.1 Å². The molecule has 0 bridgehead atoms. The van der Waals surface area contributed by atoms with E-state index in [4.69, 9.17) is 9.47 Å². The number of unbranched alkanes of at least 4 members (excludes halogenated alkanes) is 1. The highest BCUT2D eigenvalue weighted by atomic mass is 16.5. The van der Waals surface area contributed by atoms with Crippen LogP contribution in [0.1, 0.15) is 26.2 Å². The zero-order valence-corrected chi connectivity index (χ0v) is 14.3. The van der Waals surface area contributed by atoms with Crippen molar-refractivity contribution in [2.24, 2.45) is 0 Å². The Bertz CT molecular complexity index is 800. The molecule has 0 unspecified atom stereocenters. The van der Waals surface area contributed by atoms with E-state index in [9.17, 15) is 0 Å². The third-order valence-corrected chi connectivity index (χ3v) is 3.99. The monoisotopic (exact) mass is 328 g/mol. The van der Waals surface area contributed by atoms with Crippen LogP contribution < -0.4 is 10.1 Å². The maximum Gasteiger partial charge on any atom is 0.153 e. The molecule has 3 rings (SSSR count). The molecular weight excluding hydrogens is 304 g/mol. The molecule has 6 nitrogen and oxygen atoms in total. The van der Waals surface area contributed by atoms with E-state index in [1.54, 1.807) is 13.4 Å². The number of benzene rings is 1. The molecule has 0 spiro atoms. The van der Waals surface area contributed by atoms with Gasteiger partial charge in [0.25, 0.3) is 0 Å². The number of methoxy groups -OCH3 is 1. The van der Waals surface area contributed by atoms with Crippen LogP contribution in [0.2, 0.25) is 0 Å². The number of rotatable bonds is 9. The van der Waals surface area contributed by atoms with Crippen molar-refractivity contribution < 1.29 is 9.47 Å². The van der Waals surface area contributed by atoms with Crippen molar-refractivity contribution in [2.75, 3.05) is 32.2 Å². The number of nitrogens with zero attached hydrogens (tertiary/aromatic N) is 2. The van der Waals surface area contributed by atoms with E-state index in [-0.39, 0.29) is 0 Å². The molecule has 0 amide bonds. The Hall–Kier alpha value is -2.34.